The minimum atomic E-state index is -0.954. The zero-order chi connectivity index (χ0) is 25.8. The molecule has 0 saturated carbocycles. The Labute approximate surface area is 208 Å². The largest absolute Gasteiger partial charge is 0.481 e. The summed E-state index contributed by atoms with van der Waals surface area (Å²) in [7, 11) is 0. The van der Waals surface area contributed by atoms with E-state index in [0.29, 0.717) is 24.2 Å². The summed E-state index contributed by atoms with van der Waals surface area (Å²) in [6, 6.07) is 19.1. The molecule has 0 unspecified atom stereocenters. The summed E-state index contributed by atoms with van der Waals surface area (Å²) in [5.74, 6) is -1.71. The lowest BCUT2D eigenvalue weighted by molar-refractivity contribution is -0.137. The quantitative estimate of drug-likeness (QED) is 0.280. The molecule has 2 aromatic carbocycles. The van der Waals surface area contributed by atoms with Crippen molar-refractivity contribution in [2.75, 3.05) is 23.7 Å². The number of aromatic nitrogens is 1. The van der Waals surface area contributed by atoms with Gasteiger partial charge in [-0.1, -0.05) is 42.5 Å². The van der Waals surface area contributed by atoms with Crippen molar-refractivity contribution in [2.24, 2.45) is 0 Å². The Bertz CT molecular complexity index is 1220. The number of carbonyl (C=O) groups is 4. The molecule has 36 heavy (non-hydrogen) atoms. The van der Waals surface area contributed by atoms with E-state index >= 15 is 0 Å². The highest BCUT2D eigenvalue weighted by atomic mass is 16.4. The van der Waals surface area contributed by atoms with Gasteiger partial charge in [0.05, 0.1) is 6.54 Å². The van der Waals surface area contributed by atoms with E-state index in [4.69, 9.17) is 5.11 Å². The Morgan fingerprint density at radius 2 is 1.64 bits per heavy atom. The Balaban J connectivity index is 1.46. The standard InChI is InChI=1S/C26H27N5O5/c32-22(31-24-19(9-5-14-27-24)11-12-23(33)34)17-29-25(35)20-8-4-10-21(16-20)30-26(36)28-15-13-18-6-2-1-3-7-18/h1-10,14,16H,11-13,15,17H2,(H,29,35)(H,33,34)(H,27,31,32)(H2,28,30,36). The van der Waals surface area contributed by atoms with Crippen LogP contribution in [0.5, 0.6) is 0 Å². The molecule has 4 amide bonds. The van der Waals surface area contributed by atoms with Gasteiger partial charge in [0, 0.05) is 30.4 Å². The number of nitrogens with one attached hydrogen (secondary N) is 4. The van der Waals surface area contributed by atoms with Crippen LogP contribution in [-0.4, -0.2) is 47.0 Å². The number of anilines is 2. The van der Waals surface area contributed by atoms with Gasteiger partial charge in [-0.05, 0) is 48.2 Å². The number of rotatable bonds is 11. The van der Waals surface area contributed by atoms with Crippen molar-refractivity contribution in [2.45, 2.75) is 19.3 Å². The predicted octanol–water partition coefficient (Wildman–Crippen LogP) is 2.83. The zero-order valence-electron chi connectivity index (χ0n) is 19.5. The van der Waals surface area contributed by atoms with Gasteiger partial charge in [0.2, 0.25) is 5.91 Å². The molecule has 0 spiro atoms. The number of urea groups is 1. The van der Waals surface area contributed by atoms with Crippen molar-refractivity contribution in [3.05, 3.63) is 89.6 Å². The number of aliphatic carboxylic acids is 1. The highest BCUT2D eigenvalue weighted by Crippen LogP contribution is 2.14. The Morgan fingerprint density at radius 1 is 0.833 bits per heavy atom. The number of hydrogen-bond donors (Lipinski definition) is 5. The number of pyridine rings is 1. The molecule has 0 bridgehead atoms. The maximum absolute atomic E-state index is 12.5. The first-order valence-corrected chi connectivity index (χ1v) is 11.3. The van der Waals surface area contributed by atoms with Gasteiger partial charge in [-0.3, -0.25) is 14.4 Å². The summed E-state index contributed by atoms with van der Waals surface area (Å²) in [6.45, 7) is 0.144. The molecule has 10 heteroatoms. The molecule has 1 aromatic heterocycles. The molecule has 3 rings (SSSR count). The number of amides is 4. The van der Waals surface area contributed by atoms with E-state index in [1.54, 1.807) is 30.3 Å². The van der Waals surface area contributed by atoms with Crippen LogP contribution in [0.4, 0.5) is 16.3 Å². The van der Waals surface area contributed by atoms with E-state index in [1.165, 1.54) is 12.3 Å². The first-order chi connectivity index (χ1) is 17.4. The van der Waals surface area contributed by atoms with Gasteiger partial charge in [0.15, 0.2) is 0 Å². The Kier molecular flexibility index (Phi) is 9.51. The van der Waals surface area contributed by atoms with Crippen LogP contribution < -0.4 is 21.3 Å². The van der Waals surface area contributed by atoms with Gasteiger partial charge >= 0.3 is 12.0 Å². The molecule has 3 aromatic rings. The minimum Gasteiger partial charge on any atom is -0.481 e. The van der Waals surface area contributed by atoms with Gasteiger partial charge in [0.25, 0.3) is 5.91 Å². The van der Waals surface area contributed by atoms with E-state index in [9.17, 15) is 19.2 Å². The van der Waals surface area contributed by atoms with Crippen LogP contribution in [-0.2, 0) is 22.4 Å². The lowest BCUT2D eigenvalue weighted by Crippen LogP contribution is -2.33. The topological polar surface area (TPSA) is 150 Å². The Hall–Kier alpha value is -4.73. The third kappa shape index (κ3) is 8.56. The van der Waals surface area contributed by atoms with Gasteiger partial charge in [-0.15, -0.1) is 0 Å². The molecule has 186 valence electrons. The lowest BCUT2D eigenvalue weighted by atomic mass is 10.1. The summed E-state index contributed by atoms with van der Waals surface area (Å²) in [6.07, 6.45) is 2.29. The van der Waals surface area contributed by atoms with E-state index in [2.05, 4.69) is 26.3 Å². The second-order valence-electron chi connectivity index (χ2n) is 7.83. The summed E-state index contributed by atoms with van der Waals surface area (Å²) < 4.78 is 0. The molecule has 5 N–H and O–H groups in total. The first kappa shape index (κ1) is 25.9. The monoisotopic (exact) mass is 489 g/mol. The van der Waals surface area contributed by atoms with Crippen molar-refractivity contribution >= 4 is 35.3 Å². The van der Waals surface area contributed by atoms with E-state index in [-0.39, 0.29) is 30.8 Å². The van der Waals surface area contributed by atoms with Crippen molar-refractivity contribution in [1.29, 1.82) is 0 Å². The van der Waals surface area contributed by atoms with Gasteiger partial charge < -0.3 is 26.4 Å². The SMILES string of the molecule is O=C(O)CCc1cccnc1NC(=O)CNC(=O)c1cccc(NC(=O)NCCc2ccccc2)c1. The zero-order valence-corrected chi connectivity index (χ0v) is 19.5. The van der Waals surface area contributed by atoms with Gasteiger partial charge in [0.1, 0.15) is 5.82 Å². The average Bonchev–Trinajstić information content (AvgIpc) is 2.87. The number of carbonyl (C=O) groups excluding carboxylic acids is 3. The average molecular weight is 490 g/mol. The molecule has 1 heterocycles. The second kappa shape index (κ2) is 13.2. The van der Waals surface area contributed by atoms with Crippen LogP contribution in [0.15, 0.2) is 72.9 Å². The third-order valence-corrected chi connectivity index (χ3v) is 5.09. The molecule has 0 aliphatic heterocycles. The molecule has 0 aliphatic carbocycles. The lowest BCUT2D eigenvalue weighted by Gasteiger charge is -2.11. The van der Waals surface area contributed by atoms with Gasteiger partial charge in [-0.2, -0.15) is 0 Å². The minimum absolute atomic E-state index is 0.0965. The van der Waals surface area contributed by atoms with E-state index in [1.807, 2.05) is 30.3 Å². The number of benzene rings is 2. The van der Waals surface area contributed by atoms with Crippen LogP contribution in [0.2, 0.25) is 0 Å². The molecule has 0 fully saturated rings. The summed E-state index contributed by atoms with van der Waals surface area (Å²) in [5.41, 5.74) is 2.39. The molecule has 0 aliphatic rings. The van der Waals surface area contributed by atoms with Crippen LogP contribution >= 0.6 is 0 Å². The number of nitrogens with zero attached hydrogens (tertiary/aromatic N) is 1. The molecular weight excluding hydrogens is 462 g/mol. The fraction of sp³-hybridized carbons (Fsp3) is 0.192. The summed E-state index contributed by atoms with van der Waals surface area (Å²) in [5, 5.41) is 19.4. The predicted molar refractivity (Wildman–Crippen MR) is 135 cm³/mol. The molecule has 10 nitrogen and oxygen atoms in total. The molecular formula is C26H27N5O5. The van der Waals surface area contributed by atoms with Crippen LogP contribution in [0.1, 0.15) is 27.9 Å². The summed E-state index contributed by atoms with van der Waals surface area (Å²) in [4.78, 5) is 51.9. The fourth-order valence-corrected chi connectivity index (χ4v) is 3.31. The molecule has 0 radical (unpaired) electrons. The first-order valence-electron chi connectivity index (χ1n) is 11.3. The fourth-order valence-electron chi connectivity index (χ4n) is 3.31. The van der Waals surface area contributed by atoms with Crippen molar-refractivity contribution < 1.29 is 24.3 Å². The highest BCUT2D eigenvalue weighted by molar-refractivity contribution is 6.00. The highest BCUT2D eigenvalue weighted by Gasteiger charge is 2.12. The van der Waals surface area contributed by atoms with Crippen LogP contribution in [0, 0.1) is 0 Å². The Morgan fingerprint density at radius 3 is 2.42 bits per heavy atom. The van der Waals surface area contributed by atoms with Crippen molar-refractivity contribution in [1.82, 2.24) is 15.6 Å². The third-order valence-electron chi connectivity index (χ3n) is 5.09. The van der Waals surface area contributed by atoms with Gasteiger partial charge in [-0.25, -0.2) is 9.78 Å². The van der Waals surface area contributed by atoms with E-state index in [0.717, 1.165) is 5.56 Å². The second-order valence-corrected chi connectivity index (χ2v) is 7.83. The van der Waals surface area contributed by atoms with Crippen molar-refractivity contribution in [3.63, 3.8) is 0 Å². The number of carboxylic acid groups (broad SMARTS) is 1. The van der Waals surface area contributed by atoms with Crippen molar-refractivity contribution in [3.8, 4) is 0 Å². The number of aryl methyl sites for hydroxylation is 1. The maximum atomic E-state index is 12.5. The van der Waals surface area contributed by atoms with E-state index < -0.39 is 23.8 Å². The smallest absolute Gasteiger partial charge is 0.319 e. The summed E-state index contributed by atoms with van der Waals surface area (Å²) >= 11 is 0. The van der Waals surface area contributed by atoms with Crippen LogP contribution in [0.25, 0.3) is 0 Å². The number of hydrogen-bond acceptors (Lipinski definition) is 5. The molecule has 0 atom stereocenters. The normalized spacial score (nSPS) is 10.2. The van der Waals surface area contributed by atoms with Crippen LogP contribution in [0.3, 0.4) is 0 Å². The number of carboxylic acids is 1. The molecule has 0 saturated heterocycles. The maximum Gasteiger partial charge on any atom is 0.319 e.